The Hall–Kier alpha value is -7.94. The van der Waals surface area contributed by atoms with E-state index in [0.29, 0.717) is 0 Å². The molecular formula is C58H38N2. The summed E-state index contributed by atoms with van der Waals surface area (Å²) in [4.78, 5) is 2.34. The van der Waals surface area contributed by atoms with Crippen LogP contribution in [0, 0.1) is 0 Å². The lowest BCUT2D eigenvalue weighted by atomic mass is 9.92. The van der Waals surface area contributed by atoms with Crippen LogP contribution in [-0.2, 0) is 0 Å². The third kappa shape index (κ3) is 5.50. The van der Waals surface area contributed by atoms with Crippen molar-refractivity contribution in [2.75, 3.05) is 4.90 Å². The molecule has 0 atom stereocenters. The molecule has 0 aliphatic carbocycles. The molecule has 0 aliphatic rings. The minimum Gasteiger partial charge on any atom is -0.311 e. The molecule has 2 nitrogen and oxygen atoms in total. The van der Waals surface area contributed by atoms with Gasteiger partial charge in [0.15, 0.2) is 0 Å². The van der Waals surface area contributed by atoms with E-state index in [0.717, 1.165) is 17.1 Å². The summed E-state index contributed by atoms with van der Waals surface area (Å²) in [6, 6.07) is 84.1. The Labute approximate surface area is 348 Å². The molecule has 60 heavy (non-hydrogen) atoms. The van der Waals surface area contributed by atoms with E-state index in [1.54, 1.807) is 0 Å². The standard InChI is InChI=1S/C58H38N2/c1-2-15-44(16-3-1)59(45-31-25-39(26-32-45)42-29-35-52-50-20-7-6-18-48(50)49-19-8-9-21-51(49)54(52)37-42)46-33-27-40(28-34-46)43-30-36-58-55(38-43)53-22-10-11-23-57(53)60(58)56-24-12-14-41-13-4-5-17-47(41)56/h1-38H. The van der Waals surface area contributed by atoms with E-state index in [1.165, 1.54) is 92.8 Å². The largest absolute Gasteiger partial charge is 0.311 e. The molecule has 0 spiro atoms. The first-order chi connectivity index (χ1) is 29.8. The SMILES string of the molecule is c1ccc(N(c2ccc(-c3ccc4c5ccccc5c5ccccc5c4c3)cc2)c2ccc(-c3ccc4c(c3)c3ccccc3n4-c3cccc4ccccc34)cc2)cc1. The summed E-state index contributed by atoms with van der Waals surface area (Å²) < 4.78 is 2.42. The van der Waals surface area contributed by atoms with E-state index in [9.17, 15) is 0 Å². The lowest BCUT2D eigenvalue weighted by Gasteiger charge is -2.26. The lowest BCUT2D eigenvalue weighted by Crippen LogP contribution is -2.09. The number of hydrogen-bond donors (Lipinski definition) is 0. The number of benzene rings is 11. The first-order valence-corrected chi connectivity index (χ1v) is 20.7. The fourth-order valence-corrected chi connectivity index (χ4v) is 9.53. The van der Waals surface area contributed by atoms with Gasteiger partial charge in [-0.1, -0.05) is 164 Å². The van der Waals surface area contributed by atoms with Crippen LogP contribution in [0.2, 0.25) is 0 Å². The molecule has 11 aromatic carbocycles. The number of hydrogen-bond acceptors (Lipinski definition) is 1. The Balaban J connectivity index is 0.909. The zero-order valence-electron chi connectivity index (χ0n) is 32.8. The van der Waals surface area contributed by atoms with Crippen LogP contribution in [0.25, 0.3) is 92.8 Å². The van der Waals surface area contributed by atoms with Crippen molar-refractivity contribution in [1.29, 1.82) is 0 Å². The summed E-state index contributed by atoms with van der Waals surface area (Å²) in [6.45, 7) is 0. The normalized spacial score (nSPS) is 11.7. The molecule has 2 heteroatoms. The number of nitrogens with zero attached hydrogens (tertiary/aromatic N) is 2. The summed E-state index contributed by atoms with van der Waals surface area (Å²) in [5, 5.41) is 12.7. The van der Waals surface area contributed by atoms with Crippen molar-refractivity contribution in [2.45, 2.75) is 0 Å². The minimum atomic E-state index is 1.11. The second-order valence-electron chi connectivity index (χ2n) is 15.7. The van der Waals surface area contributed by atoms with Crippen LogP contribution >= 0.6 is 0 Å². The molecule has 0 fully saturated rings. The Bertz CT molecular complexity index is 3540. The highest BCUT2D eigenvalue weighted by atomic mass is 15.1. The maximum atomic E-state index is 2.42. The third-order valence-corrected chi connectivity index (χ3v) is 12.4. The third-order valence-electron chi connectivity index (χ3n) is 12.4. The van der Waals surface area contributed by atoms with Crippen molar-refractivity contribution in [2.24, 2.45) is 0 Å². The van der Waals surface area contributed by atoms with E-state index in [4.69, 9.17) is 0 Å². The van der Waals surface area contributed by atoms with Crippen molar-refractivity contribution in [1.82, 2.24) is 4.57 Å². The first-order valence-electron chi connectivity index (χ1n) is 20.7. The second kappa shape index (κ2) is 13.9. The Morgan fingerprint density at radius 1 is 0.250 bits per heavy atom. The average molecular weight is 763 g/mol. The van der Waals surface area contributed by atoms with Gasteiger partial charge in [0.1, 0.15) is 0 Å². The van der Waals surface area contributed by atoms with Crippen LogP contribution in [0.4, 0.5) is 17.1 Å². The van der Waals surface area contributed by atoms with Gasteiger partial charge in [0.05, 0.1) is 16.7 Å². The van der Waals surface area contributed by atoms with Gasteiger partial charge in [-0.25, -0.2) is 0 Å². The van der Waals surface area contributed by atoms with Crippen molar-refractivity contribution in [3.05, 3.63) is 231 Å². The highest BCUT2D eigenvalue weighted by Crippen LogP contribution is 2.41. The molecule has 12 rings (SSSR count). The molecule has 0 aliphatic heterocycles. The average Bonchev–Trinajstić information content (AvgIpc) is 3.65. The summed E-state index contributed by atoms with van der Waals surface area (Å²) in [5.41, 5.74) is 11.7. The number of aromatic nitrogens is 1. The monoisotopic (exact) mass is 762 g/mol. The molecule has 0 N–H and O–H groups in total. The van der Waals surface area contributed by atoms with Crippen LogP contribution in [0.15, 0.2) is 231 Å². The summed E-state index contributed by atoms with van der Waals surface area (Å²) >= 11 is 0. The van der Waals surface area contributed by atoms with Gasteiger partial charge in [-0.3, -0.25) is 0 Å². The fraction of sp³-hybridized carbons (Fsp3) is 0. The molecule has 0 unspecified atom stereocenters. The number of fused-ring (bicyclic) bond motifs is 10. The highest BCUT2D eigenvalue weighted by molar-refractivity contribution is 6.25. The van der Waals surface area contributed by atoms with Crippen LogP contribution in [0.5, 0.6) is 0 Å². The fourth-order valence-electron chi connectivity index (χ4n) is 9.53. The van der Waals surface area contributed by atoms with Crippen molar-refractivity contribution in [3.8, 4) is 27.9 Å². The first kappa shape index (κ1) is 34.1. The van der Waals surface area contributed by atoms with Crippen molar-refractivity contribution < 1.29 is 0 Å². The molecule has 1 aromatic heterocycles. The highest BCUT2D eigenvalue weighted by Gasteiger charge is 2.17. The van der Waals surface area contributed by atoms with Gasteiger partial charge in [-0.2, -0.15) is 0 Å². The second-order valence-corrected chi connectivity index (χ2v) is 15.7. The quantitative estimate of drug-likeness (QED) is 0.153. The lowest BCUT2D eigenvalue weighted by molar-refractivity contribution is 1.20. The Morgan fingerprint density at radius 3 is 1.33 bits per heavy atom. The van der Waals surface area contributed by atoms with Crippen molar-refractivity contribution >= 4 is 82.0 Å². The van der Waals surface area contributed by atoms with Gasteiger partial charge in [0, 0.05) is 33.2 Å². The smallest absolute Gasteiger partial charge is 0.0541 e. The number of anilines is 3. The van der Waals surface area contributed by atoms with Gasteiger partial charge in [0.25, 0.3) is 0 Å². The molecule has 280 valence electrons. The number of para-hydroxylation sites is 2. The van der Waals surface area contributed by atoms with Crippen LogP contribution in [0.3, 0.4) is 0 Å². The predicted octanol–water partition coefficient (Wildman–Crippen LogP) is 16.2. The van der Waals surface area contributed by atoms with Gasteiger partial charge < -0.3 is 9.47 Å². The van der Waals surface area contributed by atoms with Gasteiger partial charge >= 0.3 is 0 Å². The zero-order chi connectivity index (χ0) is 39.6. The summed E-state index contributed by atoms with van der Waals surface area (Å²) in [5.74, 6) is 0. The zero-order valence-corrected chi connectivity index (χ0v) is 32.8. The van der Waals surface area contributed by atoms with E-state index >= 15 is 0 Å². The van der Waals surface area contributed by atoms with E-state index in [2.05, 4.69) is 240 Å². The van der Waals surface area contributed by atoms with Crippen LogP contribution < -0.4 is 4.90 Å². The Kier molecular flexibility index (Phi) is 7.89. The maximum absolute atomic E-state index is 2.42. The molecule has 0 saturated heterocycles. The van der Waals surface area contributed by atoms with Crippen molar-refractivity contribution in [3.63, 3.8) is 0 Å². The minimum absolute atomic E-state index is 1.11. The molecule has 0 bridgehead atoms. The van der Waals surface area contributed by atoms with Crippen LogP contribution in [0.1, 0.15) is 0 Å². The van der Waals surface area contributed by atoms with Gasteiger partial charge in [-0.05, 0) is 127 Å². The van der Waals surface area contributed by atoms with Crippen LogP contribution in [-0.4, -0.2) is 4.57 Å². The number of rotatable bonds is 6. The van der Waals surface area contributed by atoms with E-state index in [1.807, 2.05) is 0 Å². The molecule has 1 heterocycles. The van der Waals surface area contributed by atoms with E-state index < -0.39 is 0 Å². The predicted molar refractivity (Wildman–Crippen MR) is 256 cm³/mol. The molecule has 0 saturated carbocycles. The summed E-state index contributed by atoms with van der Waals surface area (Å²) in [7, 11) is 0. The molecular weight excluding hydrogens is 725 g/mol. The van der Waals surface area contributed by atoms with E-state index in [-0.39, 0.29) is 0 Å². The Morgan fingerprint density at radius 2 is 0.683 bits per heavy atom. The topological polar surface area (TPSA) is 8.17 Å². The molecule has 12 aromatic rings. The molecule has 0 radical (unpaired) electrons. The summed E-state index contributed by atoms with van der Waals surface area (Å²) in [6.07, 6.45) is 0. The van der Waals surface area contributed by atoms with Gasteiger partial charge in [-0.15, -0.1) is 0 Å². The molecule has 0 amide bonds. The van der Waals surface area contributed by atoms with Gasteiger partial charge in [0.2, 0.25) is 0 Å². The maximum Gasteiger partial charge on any atom is 0.0541 e.